The van der Waals surface area contributed by atoms with E-state index in [-0.39, 0.29) is 0 Å². The van der Waals surface area contributed by atoms with Gasteiger partial charge in [0.05, 0.1) is 0 Å². The van der Waals surface area contributed by atoms with E-state index in [2.05, 4.69) is 78.1 Å². The maximum absolute atomic E-state index is 3.70. The van der Waals surface area contributed by atoms with E-state index in [1.807, 2.05) is 0 Å². The monoisotopic (exact) mass is 393 g/mol. The molecule has 0 N–H and O–H groups in total. The van der Waals surface area contributed by atoms with Crippen molar-refractivity contribution in [3.8, 4) is 0 Å². The second-order valence-corrected chi connectivity index (χ2v) is 25.6. The van der Waals surface area contributed by atoms with E-state index in [0.29, 0.717) is 11.8 Å². The third-order valence-electron chi connectivity index (χ3n) is 1.53. The van der Waals surface area contributed by atoms with Gasteiger partial charge in [-0.2, -0.15) is 0 Å². The van der Waals surface area contributed by atoms with Crippen molar-refractivity contribution in [2.24, 2.45) is 11.8 Å². The Morgan fingerprint density at radius 2 is 1.23 bits per heavy atom. The summed E-state index contributed by atoms with van der Waals surface area (Å²) in [4.78, 5) is 0. The van der Waals surface area contributed by atoms with Gasteiger partial charge in [0, 0.05) is 0 Å². The normalized spacial score (nSPS) is 13.4. The molecule has 0 spiro atoms. The molecule has 13 heavy (non-hydrogen) atoms. The Morgan fingerprint density at radius 3 is 1.38 bits per heavy atom. The van der Waals surface area contributed by atoms with Crippen molar-refractivity contribution >= 4 is 50.0 Å². The van der Waals surface area contributed by atoms with Crippen LogP contribution in [0.5, 0.6) is 0 Å². The van der Waals surface area contributed by atoms with Crippen LogP contribution in [0.1, 0.15) is 27.7 Å². The Hall–Kier alpha value is 1.62. The third-order valence-corrected chi connectivity index (χ3v) is 7.13. The first-order valence-corrected chi connectivity index (χ1v) is 13.3. The molecule has 0 atom stereocenters. The van der Waals surface area contributed by atoms with Crippen LogP contribution in [0.15, 0.2) is 0 Å². The molecule has 0 heterocycles. The maximum atomic E-state index is 3.70. The fraction of sp³-hybridized carbons (Fsp3) is 1.00. The Bertz CT molecular complexity index is 135. The Balaban J connectivity index is 4.20. The second-order valence-electron chi connectivity index (χ2n) is 4.16. The van der Waals surface area contributed by atoms with Gasteiger partial charge in [0.2, 0.25) is 0 Å². The lowest BCUT2D eigenvalue weighted by Crippen LogP contribution is -2.43. The first-order valence-electron chi connectivity index (χ1n) is 4.55. The smallest absolute Gasteiger partial charge is 0.298 e. The molecule has 0 saturated heterocycles. The minimum atomic E-state index is -1.64. The molecule has 0 aliphatic heterocycles. The zero-order chi connectivity index (χ0) is 10.6. The minimum Gasteiger partial charge on any atom is -0.298 e. The van der Waals surface area contributed by atoms with Crippen molar-refractivity contribution in [1.29, 1.82) is 0 Å². The molecular formula is C8H18Br3NSi. The van der Waals surface area contributed by atoms with Gasteiger partial charge in [0.15, 0.2) is 0 Å². The van der Waals surface area contributed by atoms with E-state index >= 15 is 0 Å². The highest BCUT2D eigenvalue weighted by Gasteiger charge is 2.32. The maximum Gasteiger partial charge on any atom is 0.344 e. The van der Waals surface area contributed by atoms with Gasteiger partial charge in [-0.05, 0) is 24.9 Å². The molecule has 0 bridgehead atoms. The lowest BCUT2D eigenvalue weighted by molar-refractivity contribution is 0.347. The number of rotatable bonds is 5. The van der Waals surface area contributed by atoms with Crippen molar-refractivity contribution in [3.05, 3.63) is 0 Å². The third kappa shape index (κ3) is 7.53. The molecule has 0 aromatic carbocycles. The lowest BCUT2D eigenvalue weighted by Gasteiger charge is -2.31. The van der Waals surface area contributed by atoms with Crippen LogP contribution >= 0.6 is 45.9 Å². The molecule has 80 valence electrons. The van der Waals surface area contributed by atoms with Crippen LogP contribution in [0.2, 0.25) is 0 Å². The van der Waals surface area contributed by atoms with E-state index in [1.54, 1.807) is 0 Å². The molecule has 0 fully saturated rings. The van der Waals surface area contributed by atoms with Crippen LogP contribution in [0.4, 0.5) is 0 Å². The van der Waals surface area contributed by atoms with Crippen LogP contribution < -0.4 is 0 Å². The van der Waals surface area contributed by atoms with E-state index in [9.17, 15) is 0 Å². The van der Waals surface area contributed by atoms with E-state index in [0.717, 1.165) is 13.1 Å². The Kier molecular flexibility index (Phi) is 7.03. The van der Waals surface area contributed by atoms with Crippen molar-refractivity contribution < 1.29 is 0 Å². The average molecular weight is 396 g/mol. The van der Waals surface area contributed by atoms with Gasteiger partial charge < -0.3 is 0 Å². The van der Waals surface area contributed by atoms with Gasteiger partial charge in [-0.3, -0.25) is 4.57 Å². The first-order chi connectivity index (χ1) is 5.73. The number of nitrogens with zero attached hydrogens (tertiary/aromatic N) is 1. The molecule has 0 saturated carbocycles. The summed E-state index contributed by atoms with van der Waals surface area (Å²) in [6.45, 7) is 11.3. The van der Waals surface area contributed by atoms with Crippen LogP contribution in [0.3, 0.4) is 0 Å². The Labute approximate surface area is 106 Å². The first kappa shape index (κ1) is 14.6. The summed E-state index contributed by atoms with van der Waals surface area (Å²) in [6.07, 6.45) is 0. The highest BCUT2D eigenvalue weighted by atomic mass is 80.0. The lowest BCUT2D eigenvalue weighted by atomic mass is 10.2. The zero-order valence-electron chi connectivity index (χ0n) is 8.65. The van der Waals surface area contributed by atoms with Gasteiger partial charge in [-0.1, -0.05) is 73.6 Å². The van der Waals surface area contributed by atoms with Crippen molar-refractivity contribution in [2.45, 2.75) is 27.7 Å². The van der Waals surface area contributed by atoms with E-state index < -0.39 is 4.09 Å². The topological polar surface area (TPSA) is 3.24 Å². The van der Waals surface area contributed by atoms with E-state index in [4.69, 9.17) is 0 Å². The quantitative estimate of drug-likeness (QED) is 0.497. The summed E-state index contributed by atoms with van der Waals surface area (Å²) >= 11 is 11.1. The molecule has 0 radical (unpaired) electrons. The highest BCUT2D eigenvalue weighted by Crippen LogP contribution is 2.32. The van der Waals surface area contributed by atoms with Crippen LogP contribution in [0, 0.1) is 11.8 Å². The Morgan fingerprint density at radius 1 is 0.923 bits per heavy atom. The molecule has 5 heteroatoms. The summed E-state index contributed by atoms with van der Waals surface area (Å²) in [5, 5.41) is 0. The predicted molar refractivity (Wildman–Crippen MR) is 73.8 cm³/mol. The summed E-state index contributed by atoms with van der Waals surface area (Å²) in [5.41, 5.74) is 0. The fourth-order valence-electron chi connectivity index (χ4n) is 1.16. The van der Waals surface area contributed by atoms with Crippen molar-refractivity contribution in [2.75, 3.05) is 13.1 Å². The molecule has 0 aliphatic carbocycles. The molecule has 0 rings (SSSR count). The van der Waals surface area contributed by atoms with Gasteiger partial charge in [-0.15, -0.1) is 0 Å². The predicted octanol–water partition coefficient (Wildman–Crippen LogP) is 4.22. The number of hydrogen-bond acceptors (Lipinski definition) is 1. The van der Waals surface area contributed by atoms with Gasteiger partial charge >= 0.3 is 4.09 Å². The van der Waals surface area contributed by atoms with Gasteiger partial charge in [0.25, 0.3) is 0 Å². The molecule has 0 aromatic rings. The molecule has 0 unspecified atom stereocenters. The SMILES string of the molecule is CC(C)CN(CC(C)C)[Si](Br)(Br)Br. The summed E-state index contributed by atoms with van der Waals surface area (Å²) < 4.78 is 0.833. The molecule has 1 nitrogen and oxygen atoms in total. The summed E-state index contributed by atoms with van der Waals surface area (Å²) in [5.74, 6) is 1.41. The average Bonchev–Trinajstić information content (AvgIpc) is 1.81. The zero-order valence-corrected chi connectivity index (χ0v) is 14.4. The van der Waals surface area contributed by atoms with E-state index in [1.165, 1.54) is 0 Å². The standard InChI is InChI=1S/C8H18Br3NSi/c1-7(2)5-12(6-8(3)4)13(9,10)11/h7-8H,5-6H2,1-4H3. The number of hydrogen-bond donors (Lipinski definition) is 0. The summed E-state index contributed by atoms with van der Waals surface area (Å²) in [7, 11) is 0. The van der Waals surface area contributed by atoms with Crippen LogP contribution in [0.25, 0.3) is 0 Å². The van der Waals surface area contributed by atoms with Gasteiger partial charge in [0.1, 0.15) is 0 Å². The summed E-state index contributed by atoms with van der Waals surface area (Å²) in [6, 6.07) is 0. The van der Waals surface area contributed by atoms with Crippen molar-refractivity contribution in [1.82, 2.24) is 4.57 Å². The fourth-order valence-corrected chi connectivity index (χ4v) is 4.91. The van der Waals surface area contributed by atoms with Gasteiger partial charge in [-0.25, -0.2) is 0 Å². The van der Waals surface area contributed by atoms with Crippen LogP contribution in [-0.4, -0.2) is 21.7 Å². The molecule has 0 aliphatic rings. The second kappa shape index (κ2) is 6.25. The van der Waals surface area contributed by atoms with Crippen LogP contribution in [-0.2, 0) is 0 Å². The van der Waals surface area contributed by atoms with Crippen molar-refractivity contribution in [3.63, 3.8) is 0 Å². The number of halogens is 3. The molecule has 0 aromatic heterocycles. The minimum absolute atomic E-state index is 0.707. The highest BCUT2D eigenvalue weighted by molar-refractivity contribution is 9.71. The molecule has 0 amide bonds. The largest absolute Gasteiger partial charge is 0.344 e. The molecular weight excluding hydrogens is 378 g/mol.